The van der Waals surface area contributed by atoms with Crippen LogP contribution in [0, 0.1) is 11.3 Å². The van der Waals surface area contributed by atoms with Crippen LogP contribution in [0.4, 0.5) is 5.69 Å². The summed E-state index contributed by atoms with van der Waals surface area (Å²) >= 11 is 0. The molecule has 0 unspecified atom stereocenters. The van der Waals surface area contributed by atoms with Gasteiger partial charge in [0, 0.05) is 56.6 Å². The van der Waals surface area contributed by atoms with Crippen LogP contribution in [0.2, 0.25) is 0 Å². The van der Waals surface area contributed by atoms with Crippen LogP contribution in [0.5, 0.6) is 11.5 Å². The highest BCUT2D eigenvalue weighted by atomic mass is 16.5. The lowest BCUT2D eigenvalue weighted by Gasteiger charge is -2.33. The molecule has 2 heterocycles. The Morgan fingerprint density at radius 1 is 0.829 bits per heavy atom. The molecule has 1 aliphatic rings. The zero-order chi connectivity index (χ0) is 50.0. The number of aryl methyl sites for hydroxylation is 1. The molecule has 1 aliphatic heterocycles. The minimum atomic E-state index is -1.26. The van der Waals surface area contributed by atoms with Gasteiger partial charge in [0.2, 0.25) is 23.6 Å². The van der Waals surface area contributed by atoms with Crippen LogP contribution < -0.4 is 47.9 Å². The Balaban J connectivity index is 1.36. The van der Waals surface area contributed by atoms with Crippen molar-refractivity contribution in [3.63, 3.8) is 0 Å². The average Bonchev–Trinajstić information content (AvgIpc) is 3.37. The third-order valence-electron chi connectivity index (χ3n) is 12.3. The molecule has 0 saturated heterocycles. The summed E-state index contributed by atoms with van der Waals surface area (Å²) in [6.45, 7) is 5.31. The molecule has 4 bridgehead atoms. The van der Waals surface area contributed by atoms with E-state index in [1.54, 1.807) is 37.4 Å². The van der Waals surface area contributed by atoms with Crippen molar-refractivity contribution in [2.45, 2.75) is 89.5 Å². The van der Waals surface area contributed by atoms with E-state index >= 15 is 0 Å². The molecule has 5 aromatic rings. The number of hydrogen-bond donors (Lipinski definition) is 7. The first-order valence-corrected chi connectivity index (χ1v) is 24.0. The summed E-state index contributed by atoms with van der Waals surface area (Å²) in [6.07, 6.45) is 7.93. The number of benzene rings is 4. The molecule has 6 rings (SSSR count). The number of hydrogen-bond acceptors (Lipinski definition) is 12. The van der Waals surface area contributed by atoms with Gasteiger partial charge in [-0.05, 0) is 103 Å². The van der Waals surface area contributed by atoms with Gasteiger partial charge < -0.3 is 52.8 Å². The van der Waals surface area contributed by atoms with Gasteiger partial charge in [0.25, 0.3) is 0 Å². The van der Waals surface area contributed by atoms with Crippen molar-refractivity contribution in [2.75, 3.05) is 45.2 Å². The molecule has 0 aliphatic carbocycles. The molecule has 10 N–H and O–H groups in total. The van der Waals surface area contributed by atoms with Crippen molar-refractivity contribution in [2.24, 2.45) is 17.2 Å². The Kier molecular flexibility index (Phi) is 19.4. The Bertz CT molecular complexity index is 2600. The van der Waals surface area contributed by atoms with E-state index in [0.717, 1.165) is 36.0 Å². The van der Waals surface area contributed by atoms with Crippen molar-refractivity contribution in [1.82, 2.24) is 25.8 Å². The average molecular weight is 951 g/mol. The SMILES string of the molecule is CCCCc1ccc(-c2ccc(CN[C@@H](CCCCN)C(=O)N(C)[C@@H]3C(=O)N[C@@H](C)C(=O)N[C@H](C(=O)Nc4ccncc4C#N)Cc4ccc(OCCN)c(c4)-c4cc3ccc4OCCN)cc2)cc1. The number of carbonyl (C=O) groups excluding carboxylic acids is 4. The standard InChI is InChI=1S/C54H66N10O6/c1-4-5-8-36-10-15-39(16-11-36)40-17-12-37(13-18-40)33-60-46(9-6-7-23-55)54(68)64(3)50-41-19-21-49(70-28-25-57)44(31-41)43-29-38(14-20-48(43)69-27-24-56)30-47(63-51(65)35(2)61-53(50)67)52(66)62-45-22-26-59-34-42(45)32-58/h10-22,26,29,31,34-35,46-47,50,60H,4-9,23-25,27-28,30,33,55-57H2,1-3H3,(H,61,67)(H,63,65)(H,59,62,66)/t35-,46-,47-,50-/m0/s1. The van der Waals surface area contributed by atoms with E-state index in [1.807, 2.05) is 24.3 Å². The minimum Gasteiger partial charge on any atom is -0.492 e. The molecule has 0 fully saturated rings. The molecule has 4 atom stereocenters. The molecular weight excluding hydrogens is 885 g/mol. The number of likely N-dealkylation sites (N-methyl/N-ethyl adjacent to an activating group) is 1. The monoisotopic (exact) mass is 951 g/mol. The van der Waals surface area contributed by atoms with Gasteiger partial charge in [-0.3, -0.25) is 24.2 Å². The number of anilines is 1. The second-order valence-electron chi connectivity index (χ2n) is 17.4. The molecule has 16 nitrogen and oxygen atoms in total. The van der Waals surface area contributed by atoms with Crippen LogP contribution in [0.25, 0.3) is 22.3 Å². The van der Waals surface area contributed by atoms with Crippen molar-refractivity contribution in [3.05, 3.63) is 131 Å². The molecule has 4 aromatic carbocycles. The smallest absolute Gasteiger partial charge is 0.248 e. The fourth-order valence-electron chi connectivity index (χ4n) is 8.37. The molecule has 16 heteroatoms. The van der Waals surface area contributed by atoms with Gasteiger partial charge in [0.1, 0.15) is 48.9 Å². The summed E-state index contributed by atoms with van der Waals surface area (Å²) < 4.78 is 12.4. The van der Waals surface area contributed by atoms with Gasteiger partial charge in [0.15, 0.2) is 0 Å². The Morgan fingerprint density at radius 3 is 2.13 bits per heavy atom. The van der Waals surface area contributed by atoms with Crippen molar-refractivity contribution in [3.8, 4) is 39.8 Å². The van der Waals surface area contributed by atoms with Crippen molar-refractivity contribution < 1.29 is 28.7 Å². The van der Waals surface area contributed by atoms with Crippen LogP contribution in [0.3, 0.4) is 0 Å². The fraction of sp³-hybridized carbons (Fsp3) is 0.370. The Labute approximate surface area is 410 Å². The van der Waals surface area contributed by atoms with E-state index < -0.39 is 41.9 Å². The Hall–Kier alpha value is -7.16. The zero-order valence-electron chi connectivity index (χ0n) is 40.3. The second kappa shape index (κ2) is 26.0. The number of fused-ring (bicyclic) bond motifs is 5. The number of unbranched alkanes of at least 4 members (excludes halogenated alkanes) is 2. The summed E-state index contributed by atoms with van der Waals surface area (Å²) in [5.41, 5.74) is 24.7. The molecule has 0 spiro atoms. The van der Waals surface area contributed by atoms with Gasteiger partial charge in [-0.15, -0.1) is 0 Å². The maximum Gasteiger partial charge on any atom is 0.248 e. The van der Waals surface area contributed by atoms with E-state index in [-0.39, 0.29) is 49.9 Å². The highest BCUT2D eigenvalue weighted by molar-refractivity contribution is 6.00. The quantitative estimate of drug-likeness (QED) is 0.0465. The number of carbonyl (C=O) groups is 4. The van der Waals surface area contributed by atoms with E-state index in [4.69, 9.17) is 26.7 Å². The van der Waals surface area contributed by atoms with E-state index in [2.05, 4.69) is 69.6 Å². The molecule has 0 saturated carbocycles. The maximum absolute atomic E-state index is 14.9. The summed E-state index contributed by atoms with van der Waals surface area (Å²) in [5.74, 6) is -1.39. The van der Waals surface area contributed by atoms with Crippen LogP contribution in [0.1, 0.15) is 79.8 Å². The van der Waals surface area contributed by atoms with Crippen molar-refractivity contribution in [1.29, 1.82) is 5.26 Å². The second-order valence-corrected chi connectivity index (χ2v) is 17.4. The fourth-order valence-corrected chi connectivity index (χ4v) is 8.37. The third kappa shape index (κ3) is 13.8. The molecule has 4 amide bonds. The number of pyridine rings is 1. The number of amides is 4. The molecule has 0 radical (unpaired) electrons. The number of aromatic nitrogens is 1. The first-order chi connectivity index (χ1) is 34.0. The molecule has 368 valence electrons. The first-order valence-electron chi connectivity index (χ1n) is 24.0. The Morgan fingerprint density at radius 2 is 1.49 bits per heavy atom. The minimum absolute atomic E-state index is 0.00357. The predicted octanol–water partition coefficient (Wildman–Crippen LogP) is 5.28. The number of nitrogens with two attached hydrogens (primary N) is 3. The van der Waals surface area contributed by atoms with Gasteiger partial charge in [-0.1, -0.05) is 80.4 Å². The molecule has 70 heavy (non-hydrogen) atoms. The van der Waals surface area contributed by atoms with Gasteiger partial charge in [-0.2, -0.15) is 5.26 Å². The number of nitrogens with one attached hydrogen (secondary N) is 4. The summed E-state index contributed by atoms with van der Waals surface area (Å²) in [5, 5.41) is 21.6. The predicted molar refractivity (Wildman–Crippen MR) is 271 cm³/mol. The highest BCUT2D eigenvalue weighted by Crippen LogP contribution is 2.40. The van der Waals surface area contributed by atoms with Crippen LogP contribution in [-0.2, 0) is 38.6 Å². The van der Waals surface area contributed by atoms with E-state index in [1.165, 1.54) is 35.8 Å². The number of nitriles is 1. The normalized spacial score (nSPS) is 16.2. The van der Waals surface area contributed by atoms with Gasteiger partial charge in [0.05, 0.1) is 17.3 Å². The number of ether oxygens (including phenoxy) is 2. The van der Waals surface area contributed by atoms with Crippen molar-refractivity contribution >= 4 is 29.3 Å². The van der Waals surface area contributed by atoms with Gasteiger partial charge in [-0.25, -0.2) is 0 Å². The van der Waals surface area contributed by atoms with Crippen LogP contribution in [0.15, 0.2) is 103 Å². The third-order valence-corrected chi connectivity index (χ3v) is 12.3. The van der Waals surface area contributed by atoms with Gasteiger partial charge >= 0.3 is 0 Å². The largest absolute Gasteiger partial charge is 0.492 e. The topological polar surface area (TPSA) is 253 Å². The van der Waals surface area contributed by atoms with E-state index in [0.29, 0.717) is 66.1 Å². The lowest BCUT2D eigenvalue weighted by molar-refractivity contribution is -0.142. The summed E-state index contributed by atoms with van der Waals surface area (Å²) in [4.78, 5) is 63.2. The lowest BCUT2D eigenvalue weighted by Crippen LogP contribution is -2.55. The lowest BCUT2D eigenvalue weighted by atomic mass is 9.93. The first kappa shape index (κ1) is 52.2. The van der Waals surface area contributed by atoms with E-state index in [9.17, 15) is 24.4 Å². The van der Waals surface area contributed by atoms with Crippen LogP contribution in [-0.4, -0.2) is 91.5 Å². The maximum atomic E-state index is 14.9. The molecule has 1 aromatic heterocycles. The molecular formula is C54H66N10O6. The highest BCUT2D eigenvalue weighted by Gasteiger charge is 2.35. The van der Waals surface area contributed by atoms with Crippen LogP contribution >= 0.6 is 0 Å². The summed E-state index contributed by atoms with van der Waals surface area (Å²) in [6, 6.07) is 26.7. The zero-order valence-corrected chi connectivity index (χ0v) is 40.3. The summed E-state index contributed by atoms with van der Waals surface area (Å²) in [7, 11) is 1.57. The number of rotatable bonds is 21. The number of nitrogens with zero attached hydrogens (tertiary/aromatic N) is 3.